The fraction of sp³-hybridized carbons (Fsp3) is 0.529. The Balaban J connectivity index is 1.93. The highest BCUT2D eigenvalue weighted by Gasteiger charge is 2.47. The molecular weight excluding hydrogens is 364 g/mol. The van der Waals surface area contributed by atoms with E-state index in [0.717, 1.165) is 0 Å². The van der Waals surface area contributed by atoms with Crippen LogP contribution in [0.2, 0.25) is 0 Å². The number of methoxy groups -OCH3 is 2. The minimum absolute atomic E-state index is 0.208. The Kier molecular flexibility index (Phi) is 7.51. The van der Waals surface area contributed by atoms with Gasteiger partial charge in [-0.15, -0.1) is 0 Å². The quantitative estimate of drug-likeness (QED) is 0.303. The molecule has 1 aromatic rings. The fourth-order valence-electron chi connectivity index (χ4n) is 2.51. The molecule has 3 N–H and O–H groups in total. The summed E-state index contributed by atoms with van der Waals surface area (Å²) in [5.41, 5.74) is 0. The summed E-state index contributed by atoms with van der Waals surface area (Å²) in [4.78, 5) is 23.8. The summed E-state index contributed by atoms with van der Waals surface area (Å²) < 4.78 is 25.0. The second-order valence-corrected chi connectivity index (χ2v) is 5.72. The van der Waals surface area contributed by atoms with E-state index in [1.165, 1.54) is 26.4 Å². The van der Waals surface area contributed by atoms with Gasteiger partial charge in [-0.2, -0.15) is 0 Å². The van der Waals surface area contributed by atoms with Crippen LogP contribution in [-0.4, -0.2) is 78.8 Å². The van der Waals surface area contributed by atoms with Crippen molar-refractivity contribution in [3.05, 3.63) is 24.3 Å². The monoisotopic (exact) mass is 386 g/mol. The molecule has 0 aliphatic carbocycles. The standard InChI is InChI=1S/C17H22O10/c1-23-9-3-5-10(6-4-9)25-12(19)7-13(20)27-16-14(21)11(8-18)26-17(24-2)15(16)22/h3-6,11,14-18,21-22H,7-8H2,1-2H3/t11-,14+,15-,16+,17-/m1/s1. The number of aliphatic hydroxyl groups is 3. The molecule has 2 rings (SSSR count). The van der Waals surface area contributed by atoms with E-state index in [0.29, 0.717) is 5.75 Å². The number of hydrogen-bond acceptors (Lipinski definition) is 10. The lowest BCUT2D eigenvalue weighted by molar-refractivity contribution is -0.297. The lowest BCUT2D eigenvalue weighted by Crippen LogP contribution is -2.60. The van der Waals surface area contributed by atoms with Crippen LogP contribution in [0.5, 0.6) is 11.5 Å². The predicted octanol–water partition coefficient (Wildman–Crippen LogP) is -1.01. The normalized spacial score (nSPS) is 27.7. The lowest BCUT2D eigenvalue weighted by atomic mass is 9.99. The summed E-state index contributed by atoms with van der Waals surface area (Å²) in [6.45, 7) is -0.582. The Morgan fingerprint density at radius 1 is 1.04 bits per heavy atom. The molecule has 1 aromatic carbocycles. The van der Waals surface area contributed by atoms with E-state index in [9.17, 15) is 24.9 Å². The Bertz CT molecular complexity index is 615. The van der Waals surface area contributed by atoms with Crippen LogP contribution in [0.1, 0.15) is 6.42 Å². The minimum atomic E-state index is -1.51. The number of carbonyl (C=O) groups excluding carboxylic acids is 2. The number of hydrogen-bond donors (Lipinski definition) is 3. The van der Waals surface area contributed by atoms with Crippen molar-refractivity contribution in [3.8, 4) is 11.5 Å². The maximum Gasteiger partial charge on any atom is 0.322 e. The highest BCUT2D eigenvalue weighted by Crippen LogP contribution is 2.24. The molecular formula is C17H22O10. The Morgan fingerprint density at radius 2 is 1.67 bits per heavy atom. The van der Waals surface area contributed by atoms with Crippen LogP contribution in [0.4, 0.5) is 0 Å². The van der Waals surface area contributed by atoms with Gasteiger partial charge in [0.15, 0.2) is 12.4 Å². The number of carbonyl (C=O) groups is 2. The minimum Gasteiger partial charge on any atom is -0.497 e. The first-order valence-electron chi connectivity index (χ1n) is 8.09. The topological polar surface area (TPSA) is 141 Å². The Morgan fingerprint density at radius 3 is 2.22 bits per heavy atom. The van der Waals surface area contributed by atoms with Gasteiger partial charge in [0.1, 0.15) is 36.2 Å². The summed E-state index contributed by atoms with van der Waals surface area (Å²) in [7, 11) is 2.73. The molecule has 150 valence electrons. The van der Waals surface area contributed by atoms with E-state index in [-0.39, 0.29) is 5.75 Å². The van der Waals surface area contributed by atoms with E-state index in [1.54, 1.807) is 12.1 Å². The predicted molar refractivity (Wildman–Crippen MR) is 87.9 cm³/mol. The third kappa shape index (κ3) is 5.37. The number of aliphatic hydroxyl groups excluding tert-OH is 3. The van der Waals surface area contributed by atoms with E-state index >= 15 is 0 Å². The third-order valence-electron chi connectivity index (χ3n) is 3.90. The van der Waals surface area contributed by atoms with Crippen LogP contribution >= 0.6 is 0 Å². The first kappa shape index (κ1) is 21.1. The second kappa shape index (κ2) is 9.62. The van der Waals surface area contributed by atoms with Gasteiger partial charge in [0, 0.05) is 7.11 Å². The molecule has 1 heterocycles. The second-order valence-electron chi connectivity index (χ2n) is 5.72. The van der Waals surface area contributed by atoms with Crippen molar-refractivity contribution in [1.29, 1.82) is 0 Å². The lowest BCUT2D eigenvalue weighted by Gasteiger charge is -2.40. The zero-order chi connectivity index (χ0) is 20.0. The molecule has 1 aliphatic rings. The van der Waals surface area contributed by atoms with Gasteiger partial charge in [0.25, 0.3) is 0 Å². The van der Waals surface area contributed by atoms with Crippen LogP contribution in [0.25, 0.3) is 0 Å². The van der Waals surface area contributed by atoms with Crippen molar-refractivity contribution in [2.75, 3.05) is 20.8 Å². The summed E-state index contributed by atoms with van der Waals surface area (Å²) in [5.74, 6) is -1.13. The maximum absolute atomic E-state index is 12.0. The Labute approximate surface area is 155 Å². The van der Waals surface area contributed by atoms with Crippen LogP contribution < -0.4 is 9.47 Å². The van der Waals surface area contributed by atoms with E-state index in [2.05, 4.69) is 0 Å². The van der Waals surface area contributed by atoms with Crippen molar-refractivity contribution in [2.24, 2.45) is 0 Å². The number of benzene rings is 1. The van der Waals surface area contributed by atoms with Gasteiger partial charge in [-0.05, 0) is 24.3 Å². The largest absolute Gasteiger partial charge is 0.497 e. The SMILES string of the molecule is COc1ccc(OC(=O)CC(=O)O[C@H]2[C@@H](O)[C@@H](CO)O[C@@H](OC)[C@@H]2O)cc1. The van der Waals surface area contributed by atoms with Crippen molar-refractivity contribution < 1.29 is 48.6 Å². The molecule has 10 nitrogen and oxygen atoms in total. The van der Waals surface area contributed by atoms with Crippen LogP contribution in [0, 0.1) is 0 Å². The van der Waals surface area contributed by atoms with E-state index < -0.39 is 55.7 Å². The molecule has 1 fully saturated rings. The average molecular weight is 386 g/mol. The molecule has 0 radical (unpaired) electrons. The zero-order valence-electron chi connectivity index (χ0n) is 14.8. The molecule has 0 aromatic heterocycles. The van der Waals surface area contributed by atoms with Crippen molar-refractivity contribution in [3.63, 3.8) is 0 Å². The molecule has 0 saturated carbocycles. The van der Waals surface area contributed by atoms with Crippen LogP contribution in [-0.2, 0) is 23.8 Å². The van der Waals surface area contributed by atoms with Gasteiger partial charge in [0.2, 0.25) is 0 Å². The summed E-state index contributed by atoms with van der Waals surface area (Å²) in [6.07, 6.45) is -7.53. The Hall–Kier alpha value is -2.24. The number of rotatable bonds is 7. The first-order valence-corrected chi connectivity index (χ1v) is 8.09. The van der Waals surface area contributed by atoms with Crippen molar-refractivity contribution >= 4 is 11.9 Å². The highest BCUT2D eigenvalue weighted by atomic mass is 16.7. The van der Waals surface area contributed by atoms with Gasteiger partial charge in [-0.25, -0.2) is 0 Å². The molecule has 27 heavy (non-hydrogen) atoms. The smallest absolute Gasteiger partial charge is 0.322 e. The zero-order valence-corrected chi connectivity index (χ0v) is 14.8. The third-order valence-corrected chi connectivity index (χ3v) is 3.90. The summed E-state index contributed by atoms with van der Waals surface area (Å²) >= 11 is 0. The van der Waals surface area contributed by atoms with Crippen molar-refractivity contribution in [1.82, 2.24) is 0 Å². The maximum atomic E-state index is 12.0. The van der Waals surface area contributed by atoms with Crippen LogP contribution in [0.3, 0.4) is 0 Å². The highest BCUT2D eigenvalue weighted by molar-refractivity contribution is 5.92. The molecule has 0 spiro atoms. The van der Waals surface area contributed by atoms with Gasteiger partial charge in [-0.3, -0.25) is 9.59 Å². The number of ether oxygens (including phenoxy) is 5. The molecule has 5 atom stereocenters. The summed E-state index contributed by atoms with van der Waals surface area (Å²) in [6, 6.07) is 6.14. The molecule has 1 saturated heterocycles. The van der Waals surface area contributed by atoms with Gasteiger partial charge < -0.3 is 39.0 Å². The molecule has 10 heteroatoms. The van der Waals surface area contributed by atoms with Gasteiger partial charge in [-0.1, -0.05) is 0 Å². The first-order chi connectivity index (χ1) is 12.9. The average Bonchev–Trinajstić information content (AvgIpc) is 2.66. The van der Waals surface area contributed by atoms with Gasteiger partial charge in [0.05, 0.1) is 13.7 Å². The molecule has 0 amide bonds. The molecule has 0 unspecified atom stereocenters. The fourth-order valence-corrected chi connectivity index (χ4v) is 2.51. The number of esters is 2. The van der Waals surface area contributed by atoms with E-state index in [1.807, 2.05) is 0 Å². The molecule has 1 aliphatic heterocycles. The van der Waals surface area contributed by atoms with Crippen LogP contribution in [0.15, 0.2) is 24.3 Å². The molecule has 0 bridgehead atoms. The van der Waals surface area contributed by atoms with E-state index in [4.69, 9.17) is 23.7 Å². The van der Waals surface area contributed by atoms with Gasteiger partial charge >= 0.3 is 11.9 Å². The van der Waals surface area contributed by atoms with Crippen molar-refractivity contribution in [2.45, 2.75) is 37.1 Å². The summed E-state index contributed by atoms with van der Waals surface area (Å²) in [5, 5.41) is 29.4.